The lowest BCUT2D eigenvalue weighted by molar-refractivity contribution is 0.282. The van der Waals surface area contributed by atoms with E-state index < -0.39 is 5.76 Å². The van der Waals surface area contributed by atoms with E-state index in [0.29, 0.717) is 11.2 Å². The molecule has 2 aromatic heterocycles. The molecule has 0 spiro atoms. The van der Waals surface area contributed by atoms with Gasteiger partial charge in [-0.15, -0.1) is 0 Å². The Bertz CT molecular complexity index is 802. The molecule has 5 heteroatoms. The van der Waals surface area contributed by atoms with Crippen LogP contribution in [0.4, 0.5) is 0 Å². The Morgan fingerprint density at radius 3 is 2.95 bits per heavy atom. The van der Waals surface area contributed by atoms with Crippen LogP contribution in [-0.2, 0) is 6.61 Å². The zero-order chi connectivity index (χ0) is 13.4. The Kier molecular flexibility index (Phi) is 2.68. The maximum absolute atomic E-state index is 11.3. The summed E-state index contributed by atoms with van der Waals surface area (Å²) in [5, 5.41) is 9.43. The highest BCUT2D eigenvalue weighted by Gasteiger charge is 2.13. The number of hydrogen-bond donors (Lipinski definition) is 2. The van der Waals surface area contributed by atoms with Gasteiger partial charge in [0.25, 0.3) is 0 Å². The van der Waals surface area contributed by atoms with E-state index in [1.165, 1.54) is 0 Å². The van der Waals surface area contributed by atoms with Gasteiger partial charge in [-0.3, -0.25) is 4.98 Å². The molecule has 0 aliphatic heterocycles. The third-order valence-electron chi connectivity index (χ3n) is 3.05. The van der Waals surface area contributed by atoms with Crippen LogP contribution in [0.25, 0.3) is 22.4 Å². The number of aliphatic hydroxyl groups excluding tert-OH is 1. The predicted molar refractivity (Wildman–Crippen MR) is 70.7 cm³/mol. The third kappa shape index (κ3) is 1.94. The van der Waals surface area contributed by atoms with Gasteiger partial charge in [-0.25, -0.2) is 9.78 Å². The molecule has 2 N–H and O–H groups in total. The van der Waals surface area contributed by atoms with E-state index in [2.05, 4.69) is 9.97 Å². The van der Waals surface area contributed by atoms with Crippen LogP contribution in [0.5, 0.6) is 0 Å². The smallest absolute Gasteiger partial charge is 0.405 e. The quantitative estimate of drug-likeness (QED) is 0.734. The summed E-state index contributed by atoms with van der Waals surface area (Å²) in [6, 6.07) is 7.52. The standard InChI is InChI=1S/C14H12N2O3/c1-8-2-3-9(7-17)11(6-8)10-4-5-15-13-12(10)19-14(18)16-13/h2-6,17H,7H2,1H3,(H,15,16,18). The van der Waals surface area contributed by atoms with Gasteiger partial charge in [-0.05, 0) is 24.1 Å². The minimum Gasteiger partial charge on any atom is -0.405 e. The van der Waals surface area contributed by atoms with E-state index in [1.807, 2.05) is 25.1 Å². The number of aliphatic hydroxyl groups is 1. The van der Waals surface area contributed by atoms with Crippen molar-refractivity contribution >= 4 is 11.2 Å². The van der Waals surface area contributed by atoms with Crippen LogP contribution in [0.1, 0.15) is 11.1 Å². The first-order valence-corrected chi connectivity index (χ1v) is 5.87. The van der Waals surface area contributed by atoms with Crippen molar-refractivity contribution in [3.63, 3.8) is 0 Å². The van der Waals surface area contributed by atoms with Crippen LogP contribution in [0.2, 0.25) is 0 Å². The molecule has 0 radical (unpaired) electrons. The van der Waals surface area contributed by atoms with Gasteiger partial charge in [0, 0.05) is 11.8 Å². The Morgan fingerprint density at radius 1 is 1.32 bits per heavy atom. The number of hydrogen-bond acceptors (Lipinski definition) is 4. The summed E-state index contributed by atoms with van der Waals surface area (Å²) < 4.78 is 5.14. The van der Waals surface area contributed by atoms with E-state index in [0.717, 1.165) is 22.3 Å². The fourth-order valence-electron chi connectivity index (χ4n) is 2.15. The van der Waals surface area contributed by atoms with Crippen LogP contribution >= 0.6 is 0 Å². The van der Waals surface area contributed by atoms with E-state index in [1.54, 1.807) is 12.3 Å². The Hall–Kier alpha value is -2.40. The van der Waals surface area contributed by atoms with Crippen LogP contribution in [0.15, 0.2) is 39.7 Å². The van der Waals surface area contributed by atoms with Crippen LogP contribution in [-0.4, -0.2) is 15.1 Å². The van der Waals surface area contributed by atoms with Gasteiger partial charge in [0.1, 0.15) is 0 Å². The molecular weight excluding hydrogens is 244 g/mol. The number of aromatic nitrogens is 2. The minimum absolute atomic E-state index is 0.0753. The first kappa shape index (κ1) is 11.7. The Labute approximate surface area is 108 Å². The molecular formula is C14H12N2O3. The van der Waals surface area contributed by atoms with E-state index in [4.69, 9.17) is 4.42 Å². The number of benzene rings is 1. The molecule has 3 rings (SSSR count). The predicted octanol–water partition coefficient (Wildman–Crippen LogP) is 1.98. The molecule has 96 valence electrons. The lowest BCUT2D eigenvalue weighted by atomic mass is 9.98. The lowest BCUT2D eigenvalue weighted by Gasteiger charge is -2.08. The topological polar surface area (TPSA) is 79.1 Å². The highest BCUT2D eigenvalue weighted by atomic mass is 16.4. The maximum atomic E-state index is 11.3. The normalized spacial score (nSPS) is 11.1. The summed E-state index contributed by atoms with van der Waals surface area (Å²) in [6.07, 6.45) is 1.60. The summed E-state index contributed by atoms with van der Waals surface area (Å²) in [4.78, 5) is 17.9. The molecule has 19 heavy (non-hydrogen) atoms. The summed E-state index contributed by atoms with van der Waals surface area (Å²) in [6.45, 7) is 1.89. The fraction of sp³-hybridized carbons (Fsp3) is 0.143. The summed E-state index contributed by atoms with van der Waals surface area (Å²) >= 11 is 0. The molecule has 0 fully saturated rings. The van der Waals surface area contributed by atoms with Crippen molar-refractivity contribution in [3.8, 4) is 11.1 Å². The highest BCUT2D eigenvalue weighted by Crippen LogP contribution is 2.29. The number of H-pyrrole nitrogens is 1. The third-order valence-corrected chi connectivity index (χ3v) is 3.05. The second-order valence-corrected chi connectivity index (χ2v) is 4.37. The molecule has 0 amide bonds. The number of oxazole rings is 1. The average Bonchev–Trinajstić information content (AvgIpc) is 2.78. The molecule has 0 atom stereocenters. The summed E-state index contributed by atoms with van der Waals surface area (Å²) in [7, 11) is 0. The van der Waals surface area contributed by atoms with Gasteiger partial charge in [0.2, 0.25) is 0 Å². The highest BCUT2D eigenvalue weighted by molar-refractivity contribution is 5.88. The van der Waals surface area contributed by atoms with Gasteiger partial charge in [0.15, 0.2) is 11.2 Å². The summed E-state index contributed by atoms with van der Waals surface area (Å²) in [5.74, 6) is -0.534. The van der Waals surface area contributed by atoms with Gasteiger partial charge < -0.3 is 9.52 Å². The first-order valence-electron chi connectivity index (χ1n) is 5.87. The Morgan fingerprint density at radius 2 is 2.16 bits per heavy atom. The zero-order valence-electron chi connectivity index (χ0n) is 10.3. The van der Waals surface area contributed by atoms with Crippen molar-refractivity contribution in [2.24, 2.45) is 0 Å². The number of rotatable bonds is 2. The second-order valence-electron chi connectivity index (χ2n) is 4.37. The van der Waals surface area contributed by atoms with E-state index >= 15 is 0 Å². The molecule has 0 unspecified atom stereocenters. The van der Waals surface area contributed by atoms with Gasteiger partial charge in [-0.2, -0.15) is 0 Å². The lowest BCUT2D eigenvalue weighted by Crippen LogP contribution is -1.93. The number of aryl methyl sites for hydroxylation is 1. The van der Waals surface area contributed by atoms with Crippen molar-refractivity contribution in [2.75, 3.05) is 0 Å². The maximum Gasteiger partial charge on any atom is 0.418 e. The molecule has 5 nitrogen and oxygen atoms in total. The molecule has 0 bridgehead atoms. The molecule has 0 saturated heterocycles. The zero-order valence-corrected chi connectivity index (χ0v) is 10.3. The van der Waals surface area contributed by atoms with Crippen molar-refractivity contribution in [2.45, 2.75) is 13.5 Å². The van der Waals surface area contributed by atoms with Crippen molar-refractivity contribution in [3.05, 3.63) is 52.1 Å². The summed E-state index contributed by atoms with van der Waals surface area (Å²) in [5.41, 5.74) is 4.26. The SMILES string of the molecule is Cc1ccc(CO)c(-c2ccnc3[nH]c(=O)oc23)c1. The number of nitrogens with one attached hydrogen (secondary N) is 1. The van der Waals surface area contributed by atoms with Crippen LogP contribution in [0, 0.1) is 6.92 Å². The number of fused-ring (bicyclic) bond motifs is 1. The largest absolute Gasteiger partial charge is 0.418 e. The molecule has 2 heterocycles. The average molecular weight is 256 g/mol. The van der Waals surface area contributed by atoms with Crippen LogP contribution < -0.4 is 5.76 Å². The van der Waals surface area contributed by atoms with Gasteiger partial charge in [-0.1, -0.05) is 23.8 Å². The monoisotopic (exact) mass is 256 g/mol. The molecule has 0 aliphatic carbocycles. The van der Waals surface area contributed by atoms with E-state index in [9.17, 15) is 9.90 Å². The fourth-order valence-corrected chi connectivity index (χ4v) is 2.15. The number of pyridine rings is 1. The van der Waals surface area contributed by atoms with Crippen LogP contribution in [0.3, 0.4) is 0 Å². The molecule has 0 saturated carbocycles. The van der Waals surface area contributed by atoms with Crippen molar-refractivity contribution in [1.29, 1.82) is 0 Å². The molecule has 3 aromatic rings. The molecule has 1 aromatic carbocycles. The molecule has 0 aliphatic rings. The second kappa shape index (κ2) is 4.37. The van der Waals surface area contributed by atoms with Gasteiger partial charge in [0.05, 0.1) is 6.61 Å². The van der Waals surface area contributed by atoms with E-state index in [-0.39, 0.29) is 6.61 Å². The minimum atomic E-state index is -0.534. The first-order chi connectivity index (χ1) is 9.19. The number of aromatic amines is 1. The van der Waals surface area contributed by atoms with Crippen molar-refractivity contribution < 1.29 is 9.52 Å². The Balaban J connectivity index is 2.35. The van der Waals surface area contributed by atoms with Gasteiger partial charge >= 0.3 is 5.76 Å². The van der Waals surface area contributed by atoms with Crippen molar-refractivity contribution in [1.82, 2.24) is 9.97 Å². The number of nitrogens with zero attached hydrogens (tertiary/aromatic N) is 1.